The van der Waals surface area contributed by atoms with Gasteiger partial charge < -0.3 is 11.1 Å². The van der Waals surface area contributed by atoms with E-state index in [1.54, 1.807) is 31.2 Å². The molecule has 1 aromatic carbocycles. The van der Waals surface area contributed by atoms with E-state index >= 15 is 0 Å². The lowest BCUT2D eigenvalue weighted by molar-refractivity contribution is -0.115. The molecule has 1 aromatic heterocycles. The minimum Gasteiger partial charge on any atom is -0.383 e. The Kier molecular flexibility index (Phi) is 5.94. The zero-order valence-electron chi connectivity index (χ0n) is 14.1. The lowest BCUT2D eigenvalue weighted by Crippen LogP contribution is -2.23. The molecule has 1 amide bonds. The minimum absolute atomic E-state index is 0.00327. The third-order valence-electron chi connectivity index (χ3n) is 3.48. The zero-order chi connectivity index (χ0) is 19.3. The molecule has 0 bridgehead atoms. The molecule has 3 N–H and O–H groups in total. The van der Waals surface area contributed by atoms with Crippen molar-refractivity contribution < 1.29 is 9.59 Å². The molecule has 8 heteroatoms. The van der Waals surface area contributed by atoms with Gasteiger partial charge >= 0.3 is 0 Å². The number of pyridine rings is 1. The lowest BCUT2D eigenvalue weighted by atomic mass is 10.1. The first-order valence-corrected chi connectivity index (χ1v) is 8.43. The van der Waals surface area contributed by atoms with Gasteiger partial charge in [0.05, 0.1) is 22.1 Å². The van der Waals surface area contributed by atoms with E-state index in [1.165, 1.54) is 13.0 Å². The quantitative estimate of drug-likeness (QED) is 0.615. The maximum atomic E-state index is 12.5. The number of nitrogens with zero attached hydrogens (tertiary/aromatic N) is 3. The number of nitrogens with two attached hydrogens (primary N) is 1. The van der Waals surface area contributed by atoms with Crippen molar-refractivity contribution in [1.82, 2.24) is 4.98 Å². The van der Waals surface area contributed by atoms with Crippen LogP contribution in [-0.4, -0.2) is 21.9 Å². The first kappa shape index (κ1) is 19.0. The van der Waals surface area contributed by atoms with Crippen LogP contribution in [0.25, 0.3) is 0 Å². The van der Waals surface area contributed by atoms with Crippen molar-refractivity contribution in [2.45, 2.75) is 24.1 Å². The van der Waals surface area contributed by atoms with Crippen LogP contribution in [-0.2, 0) is 4.79 Å². The molecule has 0 unspecified atom stereocenters. The number of aromatic nitrogens is 1. The number of benzene rings is 1. The van der Waals surface area contributed by atoms with Crippen LogP contribution in [0.5, 0.6) is 0 Å². The van der Waals surface area contributed by atoms with Gasteiger partial charge in [-0.05, 0) is 32.0 Å². The predicted octanol–water partition coefficient (Wildman–Crippen LogP) is 2.73. The number of ketones is 1. The van der Waals surface area contributed by atoms with Gasteiger partial charge in [-0.15, -0.1) is 0 Å². The molecule has 0 fully saturated rings. The van der Waals surface area contributed by atoms with Gasteiger partial charge in [0.2, 0.25) is 5.91 Å². The molecule has 1 heterocycles. The smallest absolute Gasteiger partial charge is 0.237 e. The third kappa shape index (κ3) is 4.18. The maximum absolute atomic E-state index is 12.5. The van der Waals surface area contributed by atoms with Crippen LogP contribution in [0.2, 0.25) is 0 Å². The predicted molar refractivity (Wildman–Crippen MR) is 98.5 cm³/mol. The van der Waals surface area contributed by atoms with Crippen LogP contribution in [0.1, 0.15) is 35.3 Å². The number of amides is 1. The number of carbonyl (C=O) groups is 2. The average molecular weight is 365 g/mol. The molecule has 2 rings (SSSR count). The zero-order valence-corrected chi connectivity index (χ0v) is 14.9. The Hall–Kier alpha value is -3.36. The van der Waals surface area contributed by atoms with Crippen molar-refractivity contribution in [3.63, 3.8) is 0 Å². The highest BCUT2D eigenvalue weighted by atomic mass is 32.2. The fraction of sp³-hybridized carbons (Fsp3) is 0.167. The summed E-state index contributed by atoms with van der Waals surface area (Å²) in [5.74, 6) is -0.504. The second-order valence-electron chi connectivity index (χ2n) is 5.35. The van der Waals surface area contributed by atoms with E-state index in [9.17, 15) is 14.9 Å². The van der Waals surface area contributed by atoms with Crippen LogP contribution in [0.3, 0.4) is 0 Å². The van der Waals surface area contributed by atoms with Crippen molar-refractivity contribution in [2.75, 3.05) is 11.1 Å². The number of hydrogen-bond acceptors (Lipinski definition) is 7. The first-order chi connectivity index (χ1) is 12.4. The number of anilines is 2. The van der Waals surface area contributed by atoms with Crippen molar-refractivity contribution in [3.8, 4) is 12.1 Å². The normalized spacial score (nSPS) is 11.1. The van der Waals surface area contributed by atoms with Gasteiger partial charge in [-0.2, -0.15) is 10.5 Å². The fourth-order valence-electron chi connectivity index (χ4n) is 2.12. The molecule has 0 aliphatic carbocycles. The summed E-state index contributed by atoms with van der Waals surface area (Å²) in [5, 5.41) is 20.6. The number of thioether (sulfide) groups is 1. The molecule has 0 saturated heterocycles. The van der Waals surface area contributed by atoms with Gasteiger partial charge in [-0.25, -0.2) is 4.98 Å². The molecule has 7 nitrogen and oxygen atoms in total. The average Bonchev–Trinajstić information content (AvgIpc) is 2.62. The van der Waals surface area contributed by atoms with Gasteiger partial charge in [0, 0.05) is 5.56 Å². The molecule has 130 valence electrons. The number of carbonyl (C=O) groups excluding carboxylic acids is 2. The second-order valence-corrected chi connectivity index (χ2v) is 6.68. The molecule has 0 spiro atoms. The summed E-state index contributed by atoms with van der Waals surface area (Å²) >= 11 is 1.05. The van der Waals surface area contributed by atoms with Crippen LogP contribution in [0, 0.1) is 22.7 Å². The highest BCUT2D eigenvalue weighted by molar-refractivity contribution is 8.00. The molecule has 1 atom stereocenters. The monoisotopic (exact) mass is 365 g/mol. The summed E-state index contributed by atoms with van der Waals surface area (Å²) in [6.07, 6.45) is 0. The number of nitrogen functional groups attached to an aromatic ring is 1. The molecule has 0 aliphatic heterocycles. The van der Waals surface area contributed by atoms with E-state index in [1.807, 2.05) is 12.1 Å². The van der Waals surface area contributed by atoms with Crippen LogP contribution >= 0.6 is 11.8 Å². The lowest BCUT2D eigenvalue weighted by Gasteiger charge is -2.14. The van der Waals surface area contributed by atoms with Gasteiger partial charge in [0.15, 0.2) is 5.78 Å². The molecule has 0 saturated carbocycles. The van der Waals surface area contributed by atoms with E-state index in [2.05, 4.69) is 10.3 Å². The molecule has 0 aliphatic rings. The summed E-state index contributed by atoms with van der Waals surface area (Å²) in [4.78, 5) is 28.2. The van der Waals surface area contributed by atoms with E-state index < -0.39 is 5.25 Å². The van der Waals surface area contributed by atoms with E-state index in [-0.39, 0.29) is 33.7 Å². The standard InChI is InChI=1S/C18H15N5O2S/c1-10(24)14-5-3-4-6-15(14)22-17(25)11(2)26-18-13(9-20)7-12(8-19)16(21)23-18/h3-7,11H,1-2H3,(H2,21,23)(H,22,25)/t11-/m1/s1. The Balaban J connectivity index is 2.21. The molecular formula is C18H15N5O2S. The number of Topliss-reactive ketones (excluding diaryl/α,β-unsaturated/α-hetero) is 1. The Labute approximate surface area is 154 Å². The van der Waals surface area contributed by atoms with Crippen LogP contribution in [0.15, 0.2) is 35.4 Å². The SMILES string of the molecule is CC(=O)c1ccccc1NC(=O)[C@@H](C)Sc1nc(N)c(C#N)cc1C#N. The minimum atomic E-state index is -0.609. The van der Waals surface area contributed by atoms with Gasteiger partial charge in [0.25, 0.3) is 0 Å². The molecule has 2 aromatic rings. The van der Waals surface area contributed by atoms with Gasteiger partial charge in [0.1, 0.15) is 23.0 Å². The van der Waals surface area contributed by atoms with E-state index in [0.29, 0.717) is 11.3 Å². The number of hydrogen-bond donors (Lipinski definition) is 2. The Morgan fingerprint density at radius 2 is 1.88 bits per heavy atom. The summed E-state index contributed by atoms with van der Waals surface area (Å²) in [5.41, 5.74) is 6.81. The first-order valence-electron chi connectivity index (χ1n) is 7.55. The number of rotatable bonds is 5. The fourth-order valence-corrected chi connectivity index (χ4v) is 3.01. The van der Waals surface area contributed by atoms with Gasteiger partial charge in [-0.1, -0.05) is 23.9 Å². The van der Waals surface area contributed by atoms with Crippen molar-refractivity contribution >= 4 is 35.0 Å². The number of para-hydroxylation sites is 1. The van der Waals surface area contributed by atoms with E-state index in [4.69, 9.17) is 11.0 Å². The van der Waals surface area contributed by atoms with Crippen molar-refractivity contribution in [3.05, 3.63) is 47.0 Å². The summed E-state index contributed by atoms with van der Waals surface area (Å²) in [7, 11) is 0. The number of nitriles is 2. The molecule has 26 heavy (non-hydrogen) atoms. The highest BCUT2D eigenvalue weighted by Gasteiger charge is 2.20. The second kappa shape index (κ2) is 8.15. The summed E-state index contributed by atoms with van der Waals surface area (Å²) < 4.78 is 0. The van der Waals surface area contributed by atoms with E-state index in [0.717, 1.165) is 11.8 Å². The largest absolute Gasteiger partial charge is 0.383 e. The Bertz CT molecular complexity index is 959. The Morgan fingerprint density at radius 3 is 2.50 bits per heavy atom. The molecule has 0 radical (unpaired) electrons. The molecular weight excluding hydrogens is 350 g/mol. The summed E-state index contributed by atoms with van der Waals surface area (Å²) in [6, 6.07) is 11.9. The third-order valence-corrected chi connectivity index (χ3v) is 4.58. The Morgan fingerprint density at radius 1 is 1.23 bits per heavy atom. The topological polar surface area (TPSA) is 133 Å². The summed E-state index contributed by atoms with van der Waals surface area (Å²) in [6.45, 7) is 3.07. The van der Waals surface area contributed by atoms with Gasteiger partial charge in [-0.3, -0.25) is 9.59 Å². The highest BCUT2D eigenvalue weighted by Crippen LogP contribution is 2.28. The number of nitrogens with one attached hydrogen (secondary N) is 1. The maximum Gasteiger partial charge on any atom is 0.237 e. The van der Waals surface area contributed by atoms with Crippen molar-refractivity contribution in [1.29, 1.82) is 10.5 Å². The van der Waals surface area contributed by atoms with Crippen molar-refractivity contribution in [2.24, 2.45) is 0 Å². The van der Waals surface area contributed by atoms with Crippen LogP contribution in [0.4, 0.5) is 11.5 Å². The van der Waals surface area contributed by atoms with Crippen LogP contribution < -0.4 is 11.1 Å².